The number of carbonyl (C=O) groups excluding carboxylic acids is 2. The van der Waals surface area contributed by atoms with Gasteiger partial charge in [0, 0.05) is 69.3 Å². The SMILES string of the molecule is C=CC(=O)N1CCN(c2nc(N3CC(N(CC)CC)C3)nc(C=O)c2/C=C(\N(C)c2c(C)ccc(N)c2C)C(F)(F)F)CC1. The highest BCUT2D eigenvalue weighted by atomic mass is 19.4. The molecule has 1 amide bonds. The largest absolute Gasteiger partial charge is 0.431 e. The lowest BCUT2D eigenvalue weighted by Crippen LogP contribution is -2.60. The molecule has 0 saturated carbocycles. The fraction of sp³-hybridized carbons (Fsp3) is 0.484. The summed E-state index contributed by atoms with van der Waals surface area (Å²) >= 11 is 0. The van der Waals surface area contributed by atoms with Gasteiger partial charge >= 0.3 is 6.18 Å². The second kappa shape index (κ2) is 13.2. The van der Waals surface area contributed by atoms with E-state index in [0.717, 1.165) is 24.1 Å². The lowest BCUT2D eigenvalue weighted by atomic mass is 10.0. The second-order valence-electron chi connectivity index (χ2n) is 11.1. The van der Waals surface area contributed by atoms with Gasteiger partial charge in [-0.05, 0) is 56.3 Å². The standard InChI is InChI=1S/C31H41F3N8O2/c1-7-27(44)40-12-14-41(15-13-40)29-23(25(19-43)36-30(37-29)42-17-22(18-42)39(8-2)9-3)16-26(31(32,33)34)38(6)28-20(4)10-11-24(35)21(28)5/h7,10-11,16,19,22H,1,8-9,12-15,17-18,35H2,2-6H3/b26-16-. The maximum Gasteiger partial charge on any atom is 0.431 e. The van der Waals surface area contributed by atoms with E-state index in [9.17, 15) is 22.8 Å². The van der Waals surface area contributed by atoms with E-state index < -0.39 is 11.9 Å². The number of aldehydes is 1. The molecule has 3 heterocycles. The van der Waals surface area contributed by atoms with Gasteiger partial charge in [0.1, 0.15) is 17.2 Å². The highest BCUT2D eigenvalue weighted by Gasteiger charge is 2.39. The molecular formula is C31H41F3N8O2. The molecule has 2 aromatic rings. The van der Waals surface area contributed by atoms with Crippen LogP contribution in [0.1, 0.15) is 41.0 Å². The first-order valence-corrected chi connectivity index (χ1v) is 14.7. The van der Waals surface area contributed by atoms with E-state index in [0.29, 0.717) is 74.1 Å². The summed E-state index contributed by atoms with van der Waals surface area (Å²) in [6.45, 7) is 15.4. The first kappa shape index (κ1) is 32.8. The van der Waals surface area contributed by atoms with Crippen LogP contribution in [0.25, 0.3) is 6.08 Å². The Morgan fingerprint density at radius 2 is 1.73 bits per heavy atom. The number of hydrogen-bond acceptors (Lipinski definition) is 9. The highest BCUT2D eigenvalue weighted by molar-refractivity contribution is 5.88. The van der Waals surface area contributed by atoms with Gasteiger partial charge in [-0.15, -0.1) is 0 Å². The van der Waals surface area contributed by atoms with Gasteiger partial charge in [-0.3, -0.25) is 14.5 Å². The Morgan fingerprint density at radius 1 is 1.09 bits per heavy atom. The zero-order chi connectivity index (χ0) is 32.3. The van der Waals surface area contributed by atoms with Gasteiger partial charge in [-0.25, -0.2) is 4.98 Å². The molecule has 1 aromatic carbocycles. The number of rotatable bonds is 10. The van der Waals surface area contributed by atoms with Crippen molar-refractivity contribution >= 4 is 41.4 Å². The molecular weight excluding hydrogens is 573 g/mol. The summed E-state index contributed by atoms with van der Waals surface area (Å²) in [4.78, 5) is 42.6. The van der Waals surface area contributed by atoms with Crippen LogP contribution in [0.5, 0.6) is 0 Å². The lowest BCUT2D eigenvalue weighted by Gasteiger charge is -2.45. The van der Waals surface area contributed by atoms with Gasteiger partial charge < -0.3 is 25.3 Å². The van der Waals surface area contributed by atoms with Crippen LogP contribution in [0.3, 0.4) is 0 Å². The monoisotopic (exact) mass is 614 g/mol. The number of aromatic nitrogens is 2. The van der Waals surface area contributed by atoms with Gasteiger partial charge in [0.05, 0.1) is 0 Å². The van der Waals surface area contributed by atoms with E-state index in [1.54, 1.807) is 30.9 Å². The summed E-state index contributed by atoms with van der Waals surface area (Å²) in [5.41, 5.74) is 6.70. The Bertz CT molecular complexity index is 1430. The van der Waals surface area contributed by atoms with E-state index >= 15 is 0 Å². The van der Waals surface area contributed by atoms with E-state index in [2.05, 4.69) is 30.3 Å². The minimum absolute atomic E-state index is 0.0357. The Hall–Kier alpha value is -4.13. The summed E-state index contributed by atoms with van der Waals surface area (Å²) in [6, 6.07) is 3.62. The van der Waals surface area contributed by atoms with Crippen LogP contribution in [0, 0.1) is 13.8 Å². The van der Waals surface area contributed by atoms with Crippen molar-refractivity contribution in [3.8, 4) is 0 Å². The average molecular weight is 615 g/mol. The number of piperazine rings is 1. The van der Waals surface area contributed by atoms with Gasteiger partial charge in [0.25, 0.3) is 0 Å². The Labute approximate surface area is 256 Å². The molecule has 0 unspecified atom stereocenters. The van der Waals surface area contributed by atoms with Crippen LogP contribution in [-0.2, 0) is 4.79 Å². The predicted molar refractivity (Wildman–Crippen MR) is 168 cm³/mol. The molecule has 44 heavy (non-hydrogen) atoms. The van der Waals surface area contributed by atoms with Gasteiger partial charge in [0.2, 0.25) is 11.9 Å². The quantitative estimate of drug-likeness (QED) is 0.243. The molecule has 0 radical (unpaired) electrons. The molecule has 0 aliphatic carbocycles. The maximum atomic E-state index is 14.8. The number of likely N-dealkylation sites (N-methyl/N-ethyl adjacent to an activating group) is 1. The molecule has 4 rings (SSSR count). The molecule has 10 nitrogen and oxygen atoms in total. The van der Waals surface area contributed by atoms with Crippen molar-refractivity contribution in [2.45, 2.75) is 39.9 Å². The lowest BCUT2D eigenvalue weighted by molar-refractivity contribution is -0.126. The summed E-state index contributed by atoms with van der Waals surface area (Å²) in [5, 5.41) is 0. The molecule has 2 aliphatic heterocycles. The first-order chi connectivity index (χ1) is 20.8. The molecule has 2 aliphatic rings. The maximum absolute atomic E-state index is 14.8. The number of carbonyl (C=O) groups is 2. The van der Waals surface area contributed by atoms with Crippen molar-refractivity contribution in [2.75, 3.05) is 79.8 Å². The minimum atomic E-state index is -4.79. The molecule has 0 atom stereocenters. The van der Waals surface area contributed by atoms with Crippen molar-refractivity contribution < 1.29 is 22.8 Å². The molecule has 2 saturated heterocycles. The fourth-order valence-electron chi connectivity index (χ4n) is 5.92. The summed E-state index contributed by atoms with van der Waals surface area (Å²) in [6.07, 6.45) is -2.14. The third-order valence-electron chi connectivity index (χ3n) is 8.54. The number of anilines is 4. The molecule has 13 heteroatoms. The number of nitrogens with zero attached hydrogens (tertiary/aromatic N) is 7. The van der Waals surface area contributed by atoms with E-state index in [-0.39, 0.29) is 28.9 Å². The Morgan fingerprint density at radius 3 is 2.27 bits per heavy atom. The number of nitrogens with two attached hydrogens (primary N) is 1. The molecule has 2 N–H and O–H groups in total. The predicted octanol–water partition coefficient (Wildman–Crippen LogP) is 3.89. The van der Waals surface area contributed by atoms with E-state index in [4.69, 9.17) is 10.7 Å². The number of aryl methyl sites for hydroxylation is 1. The molecule has 0 bridgehead atoms. The topological polar surface area (TPSA) is 102 Å². The van der Waals surface area contributed by atoms with Crippen LogP contribution in [-0.4, -0.2) is 104 Å². The Balaban J connectivity index is 1.84. The third kappa shape index (κ3) is 6.52. The van der Waals surface area contributed by atoms with Crippen molar-refractivity contribution in [1.29, 1.82) is 0 Å². The zero-order valence-corrected chi connectivity index (χ0v) is 26.0. The number of allylic oxidation sites excluding steroid dienone is 1. The van der Waals surface area contributed by atoms with Crippen molar-refractivity contribution in [3.05, 3.63) is 52.9 Å². The van der Waals surface area contributed by atoms with Crippen molar-refractivity contribution in [2.24, 2.45) is 0 Å². The Kier molecular flexibility index (Phi) is 9.87. The number of benzene rings is 1. The number of amides is 1. The van der Waals surface area contributed by atoms with Crippen LogP contribution in [0.15, 0.2) is 30.5 Å². The summed E-state index contributed by atoms with van der Waals surface area (Å²) < 4.78 is 44.4. The summed E-state index contributed by atoms with van der Waals surface area (Å²) in [7, 11) is 1.33. The van der Waals surface area contributed by atoms with Crippen LogP contribution in [0.4, 0.5) is 36.3 Å². The first-order valence-electron chi connectivity index (χ1n) is 14.7. The molecule has 0 spiro atoms. The van der Waals surface area contributed by atoms with Crippen molar-refractivity contribution in [1.82, 2.24) is 19.8 Å². The minimum Gasteiger partial charge on any atom is -0.398 e. The third-order valence-corrected chi connectivity index (χ3v) is 8.54. The fourth-order valence-corrected chi connectivity index (χ4v) is 5.92. The van der Waals surface area contributed by atoms with Gasteiger partial charge in [-0.1, -0.05) is 26.5 Å². The van der Waals surface area contributed by atoms with E-state index in [1.807, 2.05) is 9.80 Å². The normalized spacial score (nSPS) is 16.3. The van der Waals surface area contributed by atoms with Crippen LogP contribution >= 0.6 is 0 Å². The van der Waals surface area contributed by atoms with E-state index in [1.165, 1.54) is 13.1 Å². The average Bonchev–Trinajstić information content (AvgIpc) is 2.98. The number of halogens is 3. The highest BCUT2D eigenvalue weighted by Crippen LogP contribution is 2.39. The van der Waals surface area contributed by atoms with Crippen LogP contribution in [0.2, 0.25) is 0 Å². The van der Waals surface area contributed by atoms with Gasteiger partial charge in [0.15, 0.2) is 6.29 Å². The van der Waals surface area contributed by atoms with Gasteiger partial charge in [-0.2, -0.15) is 18.2 Å². The van der Waals surface area contributed by atoms with Crippen molar-refractivity contribution in [3.63, 3.8) is 0 Å². The number of hydrogen-bond donors (Lipinski definition) is 1. The molecule has 2 fully saturated rings. The second-order valence-corrected chi connectivity index (χ2v) is 11.1. The summed E-state index contributed by atoms with van der Waals surface area (Å²) in [5.74, 6) is 0.278. The number of nitrogen functional groups attached to an aromatic ring is 1. The molecule has 1 aromatic heterocycles. The smallest absolute Gasteiger partial charge is 0.398 e. The molecule has 238 valence electrons. The van der Waals surface area contributed by atoms with Crippen LogP contribution < -0.4 is 20.4 Å². The number of alkyl halides is 3. The zero-order valence-electron chi connectivity index (χ0n) is 26.0.